The molecule has 4 aromatic rings. The fourth-order valence-electron chi connectivity index (χ4n) is 4.12. The Labute approximate surface area is 183 Å². The van der Waals surface area contributed by atoms with Crippen LogP contribution in [0.15, 0.2) is 71.8 Å². The van der Waals surface area contributed by atoms with Crippen LogP contribution in [0.2, 0.25) is 5.02 Å². The Morgan fingerprint density at radius 1 is 1.06 bits per heavy atom. The van der Waals surface area contributed by atoms with Crippen molar-refractivity contribution in [3.63, 3.8) is 0 Å². The normalized spacial score (nSPS) is 16.2. The molecule has 5 rings (SSSR count). The van der Waals surface area contributed by atoms with Crippen LogP contribution in [0, 0.1) is 0 Å². The smallest absolute Gasteiger partial charge is 0.255 e. The highest BCUT2D eigenvalue weighted by Crippen LogP contribution is 2.32. The minimum Gasteiger partial charge on any atom is -0.328 e. The number of likely N-dealkylation sites (tertiary alicyclic amines) is 1. The standard InChI is InChI=1S/C23H20ClN5O2/c24-18-7-2-1-6-16(18)14-27-15-17(10-11-21(27)30)23(31)28-13-5-8-19(28)22-26-25-20-9-3-4-12-29(20)22/h1-4,6-7,9-12,15,19H,5,8,13-14H2. The van der Waals surface area contributed by atoms with Crippen molar-refractivity contribution in [1.29, 1.82) is 0 Å². The molecule has 1 aromatic carbocycles. The molecule has 3 aromatic heterocycles. The molecule has 0 aliphatic carbocycles. The third kappa shape index (κ3) is 3.61. The summed E-state index contributed by atoms with van der Waals surface area (Å²) in [5.41, 5.74) is 1.86. The summed E-state index contributed by atoms with van der Waals surface area (Å²) in [5.74, 6) is 0.633. The van der Waals surface area contributed by atoms with Gasteiger partial charge >= 0.3 is 0 Å². The number of amides is 1. The molecule has 0 bridgehead atoms. The quantitative estimate of drug-likeness (QED) is 0.493. The zero-order chi connectivity index (χ0) is 21.4. The van der Waals surface area contributed by atoms with E-state index in [0.29, 0.717) is 23.7 Å². The zero-order valence-corrected chi connectivity index (χ0v) is 17.4. The summed E-state index contributed by atoms with van der Waals surface area (Å²) in [5, 5.41) is 9.17. The SMILES string of the molecule is O=C(c1ccc(=O)n(Cc2ccccc2Cl)c1)N1CCCC1c1nnc2ccccn12. The first kappa shape index (κ1) is 19.5. The molecule has 0 spiro atoms. The molecule has 1 atom stereocenters. The highest BCUT2D eigenvalue weighted by Gasteiger charge is 2.34. The molecule has 156 valence electrons. The molecule has 1 unspecified atom stereocenters. The predicted molar refractivity (Wildman–Crippen MR) is 117 cm³/mol. The fraction of sp³-hybridized carbons (Fsp3) is 0.217. The zero-order valence-electron chi connectivity index (χ0n) is 16.7. The number of pyridine rings is 2. The highest BCUT2D eigenvalue weighted by molar-refractivity contribution is 6.31. The first-order valence-corrected chi connectivity index (χ1v) is 10.5. The Balaban J connectivity index is 1.45. The third-order valence-electron chi connectivity index (χ3n) is 5.68. The van der Waals surface area contributed by atoms with Gasteiger partial charge in [0, 0.05) is 30.0 Å². The van der Waals surface area contributed by atoms with Gasteiger partial charge in [0.15, 0.2) is 11.5 Å². The topological polar surface area (TPSA) is 72.5 Å². The lowest BCUT2D eigenvalue weighted by atomic mass is 10.1. The summed E-state index contributed by atoms with van der Waals surface area (Å²) in [7, 11) is 0. The van der Waals surface area contributed by atoms with Crippen molar-refractivity contribution >= 4 is 23.2 Å². The lowest BCUT2D eigenvalue weighted by Crippen LogP contribution is -2.32. The first-order chi connectivity index (χ1) is 15.1. The minimum atomic E-state index is -0.183. The van der Waals surface area contributed by atoms with Crippen molar-refractivity contribution in [2.45, 2.75) is 25.4 Å². The van der Waals surface area contributed by atoms with E-state index in [1.807, 2.05) is 51.9 Å². The van der Waals surface area contributed by atoms with Gasteiger partial charge in [0.25, 0.3) is 11.5 Å². The Bertz CT molecular complexity index is 1330. The van der Waals surface area contributed by atoms with E-state index in [0.717, 1.165) is 29.9 Å². The summed E-state index contributed by atoms with van der Waals surface area (Å²) < 4.78 is 3.45. The van der Waals surface area contributed by atoms with Gasteiger partial charge in [-0.2, -0.15) is 0 Å². The lowest BCUT2D eigenvalue weighted by Gasteiger charge is -2.24. The first-order valence-electron chi connectivity index (χ1n) is 10.2. The van der Waals surface area contributed by atoms with Gasteiger partial charge in [-0.05, 0) is 42.7 Å². The van der Waals surface area contributed by atoms with Gasteiger partial charge in [-0.3, -0.25) is 14.0 Å². The number of aromatic nitrogens is 4. The van der Waals surface area contributed by atoms with Gasteiger partial charge < -0.3 is 9.47 Å². The Kier molecular flexibility index (Phi) is 5.03. The van der Waals surface area contributed by atoms with Gasteiger partial charge in [-0.1, -0.05) is 35.9 Å². The number of benzene rings is 1. The molecule has 1 fully saturated rings. The second-order valence-corrected chi connectivity index (χ2v) is 8.03. The van der Waals surface area contributed by atoms with Crippen LogP contribution in [-0.4, -0.2) is 36.5 Å². The molecule has 31 heavy (non-hydrogen) atoms. The molecule has 0 saturated carbocycles. The molecule has 8 heteroatoms. The lowest BCUT2D eigenvalue weighted by molar-refractivity contribution is 0.0728. The maximum Gasteiger partial charge on any atom is 0.255 e. The van der Waals surface area contributed by atoms with Crippen molar-refractivity contribution < 1.29 is 4.79 Å². The van der Waals surface area contributed by atoms with Gasteiger partial charge in [0.05, 0.1) is 18.2 Å². The van der Waals surface area contributed by atoms with Crippen LogP contribution in [0.1, 0.15) is 40.6 Å². The fourth-order valence-corrected chi connectivity index (χ4v) is 4.32. The summed E-state index contributed by atoms with van der Waals surface area (Å²) >= 11 is 6.25. The van der Waals surface area contributed by atoms with Crippen molar-refractivity contribution in [2.75, 3.05) is 6.54 Å². The number of nitrogens with zero attached hydrogens (tertiary/aromatic N) is 5. The van der Waals surface area contributed by atoms with Crippen molar-refractivity contribution in [3.05, 3.63) is 99.3 Å². The van der Waals surface area contributed by atoms with E-state index in [9.17, 15) is 9.59 Å². The minimum absolute atomic E-state index is 0.122. The molecule has 1 aliphatic heterocycles. The van der Waals surface area contributed by atoms with E-state index in [1.165, 1.54) is 10.6 Å². The van der Waals surface area contributed by atoms with Crippen LogP contribution in [0.3, 0.4) is 0 Å². The van der Waals surface area contributed by atoms with Crippen molar-refractivity contribution in [2.24, 2.45) is 0 Å². The summed E-state index contributed by atoms with van der Waals surface area (Å²) in [6.45, 7) is 0.937. The monoisotopic (exact) mass is 433 g/mol. The number of carbonyl (C=O) groups is 1. The van der Waals surface area contributed by atoms with Gasteiger partial charge in [0.2, 0.25) is 0 Å². The maximum absolute atomic E-state index is 13.4. The maximum atomic E-state index is 13.4. The summed E-state index contributed by atoms with van der Waals surface area (Å²) in [6, 6.07) is 16.0. The number of rotatable bonds is 4. The average Bonchev–Trinajstić information content (AvgIpc) is 3.43. The number of hydrogen-bond donors (Lipinski definition) is 0. The van der Waals surface area contributed by atoms with Gasteiger partial charge in [-0.25, -0.2) is 0 Å². The predicted octanol–water partition coefficient (Wildman–Crippen LogP) is 3.57. The number of hydrogen-bond acceptors (Lipinski definition) is 4. The third-order valence-corrected chi connectivity index (χ3v) is 6.05. The van der Waals surface area contributed by atoms with Crippen LogP contribution < -0.4 is 5.56 Å². The summed E-state index contributed by atoms with van der Waals surface area (Å²) in [6.07, 6.45) is 5.23. The molecule has 1 saturated heterocycles. The molecule has 7 nitrogen and oxygen atoms in total. The van der Waals surface area contributed by atoms with Gasteiger partial charge in [0.1, 0.15) is 0 Å². The molecule has 0 radical (unpaired) electrons. The second-order valence-electron chi connectivity index (χ2n) is 7.62. The number of fused-ring (bicyclic) bond motifs is 1. The van der Waals surface area contributed by atoms with Crippen LogP contribution >= 0.6 is 11.6 Å². The van der Waals surface area contributed by atoms with Crippen LogP contribution in [0.5, 0.6) is 0 Å². The number of carbonyl (C=O) groups excluding carboxylic acids is 1. The molecule has 0 N–H and O–H groups in total. The highest BCUT2D eigenvalue weighted by atomic mass is 35.5. The van der Waals surface area contributed by atoms with E-state index < -0.39 is 0 Å². The van der Waals surface area contributed by atoms with E-state index >= 15 is 0 Å². The van der Waals surface area contributed by atoms with E-state index in [4.69, 9.17) is 11.6 Å². The average molecular weight is 434 g/mol. The molecule has 1 aliphatic rings. The second kappa shape index (κ2) is 8.00. The molecule has 1 amide bonds. The van der Waals surface area contributed by atoms with Crippen LogP contribution in [0.4, 0.5) is 0 Å². The van der Waals surface area contributed by atoms with Crippen molar-refractivity contribution in [1.82, 2.24) is 24.1 Å². The Hall–Kier alpha value is -3.45. The Morgan fingerprint density at radius 3 is 2.77 bits per heavy atom. The van der Waals surface area contributed by atoms with E-state index in [1.54, 1.807) is 18.3 Å². The van der Waals surface area contributed by atoms with E-state index in [-0.39, 0.29) is 17.5 Å². The largest absolute Gasteiger partial charge is 0.328 e. The van der Waals surface area contributed by atoms with Gasteiger partial charge in [-0.15, -0.1) is 10.2 Å². The molecular formula is C23H20ClN5O2. The van der Waals surface area contributed by atoms with Crippen molar-refractivity contribution in [3.8, 4) is 0 Å². The Morgan fingerprint density at radius 2 is 1.90 bits per heavy atom. The van der Waals surface area contributed by atoms with E-state index in [2.05, 4.69) is 10.2 Å². The summed E-state index contributed by atoms with van der Waals surface area (Å²) in [4.78, 5) is 27.6. The number of halogens is 1. The van der Waals surface area contributed by atoms with Crippen LogP contribution in [-0.2, 0) is 6.54 Å². The molecular weight excluding hydrogens is 414 g/mol. The van der Waals surface area contributed by atoms with Crippen LogP contribution in [0.25, 0.3) is 5.65 Å². The molecule has 4 heterocycles.